The molecule has 2 aromatic rings. The van der Waals surface area contributed by atoms with E-state index in [-0.39, 0.29) is 17.5 Å². The highest BCUT2D eigenvalue weighted by Crippen LogP contribution is 2.25. The lowest BCUT2D eigenvalue weighted by Crippen LogP contribution is -2.17. The molecule has 3 N–H and O–H groups in total. The molecule has 0 aromatic heterocycles. The fraction of sp³-hybridized carbons (Fsp3) is 0.200. The van der Waals surface area contributed by atoms with Crippen LogP contribution in [0.5, 0.6) is 11.5 Å². The molecule has 19 heavy (non-hydrogen) atoms. The molecule has 0 heterocycles. The molecule has 1 atom stereocenters. The van der Waals surface area contributed by atoms with Gasteiger partial charge in [0.05, 0.1) is 0 Å². The van der Waals surface area contributed by atoms with Crippen LogP contribution in [0.15, 0.2) is 42.5 Å². The normalized spacial score (nSPS) is 12.3. The molecule has 0 aliphatic rings. The van der Waals surface area contributed by atoms with Gasteiger partial charge in [-0.05, 0) is 42.3 Å². The quantitative estimate of drug-likeness (QED) is 0.749. The molecule has 4 heteroatoms. The Kier molecular flexibility index (Phi) is 4.30. The Hall–Kier alpha value is -1.71. The summed E-state index contributed by atoms with van der Waals surface area (Å²) in [5, 5.41) is 22.7. The van der Waals surface area contributed by atoms with Gasteiger partial charge in [0.1, 0.15) is 0 Å². The summed E-state index contributed by atoms with van der Waals surface area (Å²) in [5.74, 6) is -0.207. The van der Waals surface area contributed by atoms with E-state index >= 15 is 0 Å². The van der Waals surface area contributed by atoms with Gasteiger partial charge in [-0.15, -0.1) is 0 Å². The highest BCUT2D eigenvalue weighted by molar-refractivity contribution is 6.30. The van der Waals surface area contributed by atoms with Crippen molar-refractivity contribution < 1.29 is 10.2 Å². The summed E-state index contributed by atoms with van der Waals surface area (Å²) in [7, 11) is 0. The molecule has 0 radical (unpaired) electrons. The van der Waals surface area contributed by atoms with Crippen molar-refractivity contribution in [2.45, 2.75) is 19.5 Å². The predicted molar refractivity (Wildman–Crippen MR) is 76.5 cm³/mol. The second-order valence-corrected chi connectivity index (χ2v) is 4.92. The van der Waals surface area contributed by atoms with E-state index in [1.165, 1.54) is 6.07 Å². The van der Waals surface area contributed by atoms with Crippen molar-refractivity contribution in [3.8, 4) is 11.5 Å². The number of rotatable bonds is 4. The van der Waals surface area contributed by atoms with E-state index < -0.39 is 0 Å². The SMILES string of the molecule is C[C@H](NCc1ccc(O)c(O)c1)c1cccc(Cl)c1. The topological polar surface area (TPSA) is 52.5 Å². The average molecular weight is 278 g/mol. The first-order chi connectivity index (χ1) is 9.06. The van der Waals surface area contributed by atoms with E-state index in [0.717, 1.165) is 11.1 Å². The van der Waals surface area contributed by atoms with E-state index in [4.69, 9.17) is 11.6 Å². The molecule has 2 rings (SSSR count). The summed E-state index contributed by atoms with van der Waals surface area (Å²) < 4.78 is 0. The number of hydrogen-bond donors (Lipinski definition) is 3. The van der Waals surface area contributed by atoms with Crippen LogP contribution in [0.2, 0.25) is 5.02 Å². The Morgan fingerprint density at radius 1 is 1.11 bits per heavy atom. The molecule has 0 amide bonds. The zero-order chi connectivity index (χ0) is 13.8. The third-order valence-electron chi connectivity index (χ3n) is 3.00. The van der Waals surface area contributed by atoms with Crippen molar-refractivity contribution >= 4 is 11.6 Å². The van der Waals surface area contributed by atoms with Crippen LogP contribution in [0.25, 0.3) is 0 Å². The molecule has 0 unspecified atom stereocenters. The number of phenolic OH excluding ortho intramolecular Hbond substituents is 2. The first-order valence-electron chi connectivity index (χ1n) is 6.06. The third kappa shape index (κ3) is 3.63. The number of hydrogen-bond acceptors (Lipinski definition) is 3. The van der Waals surface area contributed by atoms with Crippen molar-refractivity contribution in [1.29, 1.82) is 0 Å². The van der Waals surface area contributed by atoms with E-state index in [2.05, 4.69) is 5.32 Å². The van der Waals surface area contributed by atoms with Crippen LogP contribution in [-0.2, 0) is 6.54 Å². The molecule has 3 nitrogen and oxygen atoms in total. The van der Waals surface area contributed by atoms with Gasteiger partial charge in [-0.3, -0.25) is 0 Å². The molecule has 0 fully saturated rings. The molecule has 0 bridgehead atoms. The number of phenols is 2. The Morgan fingerprint density at radius 3 is 2.58 bits per heavy atom. The number of aromatic hydroxyl groups is 2. The molecular weight excluding hydrogens is 262 g/mol. The molecule has 0 aliphatic heterocycles. The van der Waals surface area contributed by atoms with Crippen LogP contribution in [0.1, 0.15) is 24.1 Å². The zero-order valence-electron chi connectivity index (χ0n) is 10.6. The fourth-order valence-corrected chi connectivity index (χ4v) is 2.04. The first kappa shape index (κ1) is 13.7. The Labute approximate surface area is 117 Å². The minimum absolute atomic E-state index is 0.102. The lowest BCUT2D eigenvalue weighted by molar-refractivity contribution is 0.402. The van der Waals surface area contributed by atoms with Gasteiger partial charge in [0.2, 0.25) is 0 Å². The lowest BCUT2D eigenvalue weighted by Gasteiger charge is -2.15. The number of benzene rings is 2. The summed E-state index contributed by atoms with van der Waals surface area (Å²) in [6.07, 6.45) is 0. The highest BCUT2D eigenvalue weighted by atomic mass is 35.5. The second kappa shape index (κ2) is 5.95. The second-order valence-electron chi connectivity index (χ2n) is 4.48. The first-order valence-corrected chi connectivity index (χ1v) is 6.44. The summed E-state index contributed by atoms with van der Waals surface area (Å²) in [6.45, 7) is 2.65. The zero-order valence-corrected chi connectivity index (χ0v) is 11.4. The van der Waals surface area contributed by atoms with E-state index in [0.29, 0.717) is 11.6 Å². The van der Waals surface area contributed by atoms with Gasteiger partial charge in [-0.2, -0.15) is 0 Å². The summed E-state index contributed by atoms with van der Waals surface area (Å²) in [5.41, 5.74) is 2.01. The lowest BCUT2D eigenvalue weighted by atomic mass is 10.1. The monoisotopic (exact) mass is 277 g/mol. The van der Waals surface area contributed by atoms with Crippen LogP contribution in [0.4, 0.5) is 0 Å². The molecule has 100 valence electrons. The largest absolute Gasteiger partial charge is 0.504 e. The molecule has 0 spiro atoms. The molecule has 0 aliphatic carbocycles. The maximum atomic E-state index is 9.42. The van der Waals surface area contributed by atoms with Crippen molar-refractivity contribution in [3.63, 3.8) is 0 Å². The minimum atomic E-state index is -0.105. The highest BCUT2D eigenvalue weighted by Gasteiger charge is 2.06. The van der Waals surface area contributed by atoms with Crippen molar-refractivity contribution in [3.05, 3.63) is 58.6 Å². The predicted octanol–water partition coefficient (Wildman–Crippen LogP) is 3.60. The summed E-state index contributed by atoms with van der Waals surface area (Å²) >= 11 is 5.96. The molecule has 0 saturated heterocycles. The van der Waals surface area contributed by atoms with E-state index in [1.54, 1.807) is 12.1 Å². The molecule has 2 aromatic carbocycles. The van der Waals surface area contributed by atoms with Gasteiger partial charge in [0.25, 0.3) is 0 Å². The standard InChI is InChI=1S/C15H16ClNO2/c1-10(12-3-2-4-13(16)8-12)17-9-11-5-6-14(18)15(19)7-11/h2-8,10,17-19H,9H2,1H3/t10-/m0/s1. The fourth-order valence-electron chi connectivity index (χ4n) is 1.84. The van der Waals surface area contributed by atoms with Crippen LogP contribution >= 0.6 is 11.6 Å². The van der Waals surface area contributed by atoms with Gasteiger partial charge in [-0.25, -0.2) is 0 Å². The Morgan fingerprint density at radius 2 is 1.89 bits per heavy atom. The van der Waals surface area contributed by atoms with Gasteiger partial charge in [0, 0.05) is 17.6 Å². The Bertz CT molecular complexity index is 572. The Balaban J connectivity index is 2.00. The minimum Gasteiger partial charge on any atom is -0.504 e. The van der Waals surface area contributed by atoms with Gasteiger partial charge in [0.15, 0.2) is 11.5 Å². The number of nitrogens with one attached hydrogen (secondary N) is 1. The summed E-state index contributed by atoms with van der Waals surface area (Å²) in [4.78, 5) is 0. The summed E-state index contributed by atoms with van der Waals surface area (Å²) in [6, 6.07) is 12.6. The smallest absolute Gasteiger partial charge is 0.157 e. The van der Waals surface area contributed by atoms with Crippen LogP contribution in [0.3, 0.4) is 0 Å². The maximum Gasteiger partial charge on any atom is 0.157 e. The molecule has 0 saturated carbocycles. The van der Waals surface area contributed by atoms with Gasteiger partial charge < -0.3 is 15.5 Å². The molecular formula is C15H16ClNO2. The number of halogens is 1. The van der Waals surface area contributed by atoms with Gasteiger partial charge in [-0.1, -0.05) is 29.8 Å². The third-order valence-corrected chi connectivity index (χ3v) is 3.24. The average Bonchev–Trinajstić information content (AvgIpc) is 2.40. The van der Waals surface area contributed by atoms with Crippen LogP contribution in [0, 0.1) is 0 Å². The van der Waals surface area contributed by atoms with Crippen LogP contribution < -0.4 is 5.32 Å². The van der Waals surface area contributed by atoms with Crippen molar-refractivity contribution in [2.24, 2.45) is 0 Å². The van der Waals surface area contributed by atoms with Crippen molar-refractivity contribution in [1.82, 2.24) is 5.32 Å². The van der Waals surface area contributed by atoms with Gasteiger partial charge >= 0.3 is 0 Å². The van der Waals surface area contributed by atoms with Crippen molar-refractivity contribution in [2.75, 3.05) is 0 Å². The van der Waals surface area contributed by atoms with E-state index in [9.17, 15) is 10.2 Å². The maximum absolute atomic E-state index is 9.42. The van der Waals surface area contributed by atoms with E-state index in [1.807, 2.05) is 31.2 Å². The van der Waals surface area contributed by atoms with Crippen LogP contribution in [-0.4, -0.2) is 10.2 Å².